The van der Waals surface area contributed by atoms with Crippen LogP contribution in [0.3, 0.4) is 0 Å². The van der Waals surface area contributed by atoms with Crippen LogP contribution in [0.15, 0.2) is 24.3 Å². The lowest BCUT2D eigenvalue weighted by molar-refractivity contribution is 0.494. The quantitative estimate of drug-likeness (QED) is 0.759. The average molecular weight is 219 g/mol. The number of anilines is 1. The van der Waals surface area contributed by atoms with Crippen LogP contribution in [0, 0.1) is 5.92 Å². The van der Waals surface area contributed by atoms with Crippen molar-refractivity contribution in [3.05, 3.63) is 29.8 Å². The molecular formula is C15H25N. The normalized spacial score (nSPS) is 14.9. The first-order chi connectivity index (χ1) is 7.54. The smallest absolute Gasteiger partial charge is 0.0342 e. The molecule has 1 nitrogen and oxygen atoms in total. The zero-order valence-corrected chi connectivity index (χ0v) is 11.2. The molecule has 0 saturated heterocycles. The van der Waals surface area contributed by atoms with Crippen molar-refractivity contribution in [3.63, 3.8) is 0 Å². The Balaban J connectivity index is 2.61. The van der Waals surface area contributed by atoms with Crippen LogP contribution in [0.5, 0.6) is 0 Å². The molecule has 2 unspecified atom stereocenters. The van der Waals surface area contributed by atoms with Crippen LogP contribution in [0.2, 0.25) is 0 Å². The Kier molecular flexibility index (Phi) is 4.85. The standard InChI is InChI=1S/C15H25N/c1-6-12(4)13(5)16-15-9-7-14(8-10-15)11(2)3/h7-13,16H,6H2,1-5H3. The van der Waals surface area contributed by atoms with E-state index in [-0.39, 0.29) is 0 Å². The van der Waals surface area contributed by atoms with Crippen LogP contribution < -0.4 is 5.32 Å². The zero-order valence-electron chi connectivity index (χ0n) is 11.2. The van der Waals surface area contributed by atoms with Crippen LogP contribution in [0.1, 0.15) is 52.5 Å². The fraction of sp³-hybridized carbons (Fsp3) is 0.600. The fourth-order valence-electron chi connectivity index (χ4n) is 1.72. The highest BCUT2D eigenvalue weighted by Crippen LogP contribution is 2.19. The van der Waals surface area contributed by atoms with E-state index in [0.29, 0.717) is 17.9 Å². The van der Waals surface area contributed by atoms with E-state index in [0.717, 1.165) is 0 Å². The summed E-state index contributed by atoms with van der Waals surface area (Å²) in [6, 6.07) is 9.35. The minimum atomic E-state index is 0.537. The van der Waals surface area contributed by atoms with Gasteiger partial charge in [0.15, 0.2) is 0 Å². The van der Waals surface area contributed by atoms with Crippen molar-refractivity contribution < 1.29 is 0 Å². The number of rotatable bonds is 5. The van der Waals surface area contributed by atoms with Crippen LogP contribution in [-0.4, -0.2) is 6.04 Å². The summed E-state index contributed by atoms with van der Waals surface area (Å²) in [6.07, 6.45) is 1.22. The molecule has 1 aromatic carbocycles. The molecule has 16 heavy (non-hydrogen) atoms. The predicted octanol–water partition coefficient (Wildman–Crippen LogP) is 4.66. The van der Waals surface area contributed by atoms with Crippen molar-refractivity contribution in [1.82, 2.24) is 0 Å². The van der Waals surface area contributed by atoms with Crippen LogP contribution >= 0.6 is 0 Å². The van der Waals surface area contributed by atoms with E-state index < -0.39 is 0 Å². The fourth-order valence-corrected chi connectivity index (χ4v) is 1.72. The molecule has 0 radical (unpaired) electrons. The second-order valence-corrected chi connectivity index (χ2v) is 5.10. The van der Waals surface area contributed by atoms with Crippen molar-refractivity contribution in [3.8, 4) is 0 Å². The summed E-state index contributed by atoms with van der Waals surface area (Å²) in [5.74, 6) is 1.32. The van der Waals surface area contributed by atoms with Crippen molar-refractivity contribution in [2.45, 2.75) is 53.0 Å². The van der Waals surface area contributed by atoms with E-state index in [2.05, 4.69) is 64.2 Å². The lowest BCUT2D eigenvalue weighted by Crippen LogP contribution is -2.23. The summed E-state index contributed by atoms with van der Waals surface area (Å²) in [4.78, 5) is 0. The molecule has 0 spiro atoms. The van der Waals surface area contributed by atoms with Gasteiger partial charge in [-0.05, 0) is 36.5 Å². The Morgan fingerprint density at radius 3 is 2.00 bits per heavy atom. The van der Waals surface area contributed by atoms with Gasteiger partial charge in [0.2, 0.25) is 0 Å². The number of nitrogens with one attached hydrogen (secondary N) is 1. The summed E-state index contributed by atoms with van der Waals surface area (Å²) >= 11 is 0. The van der Waals surface area contributed by atoms with E-state index in [1.807, 2.05) is 0 Å². The summed E-state index contributed by atoms with van der Waals surface area (Å²) in [5.41, 5.74) is 2.64. The molecule has 0 aliphatic rings. The Hall–Kier alpha value is -0.980. The molecule has 2 atom stereocenters. The largest absolute Gasteiger partial charge is 0.382 e. The van der Waals surface area contributed by atoms with Gasteiger partial charge in [-0.15, -0.1) is 0 Å². The Bertz CT molecular complexity index is 300. The molecule has 0 aliphatic heterocycles. The van der Waals surface area contributed by atoms with Gasteiger partial charge >= 0.3 is 0 Å². The van der Waals surface area contributed by atoms with E-state index in [4.69, 9.17) is 0 Å². The van der Waals surface area contributed by atoms with Crippen LogP contribution in [0.25, 0.3) is 0 Å². The molecule has 0 aromatic heterocycles. The maximum absolute atomic E-state index is 3.56. The lowest BCUT2D eigenvalue weighted by atomic mass is 10.00. The van der Waals surface area contributed by atoms with Gasteiger partial charge in [-0.1, -0.05) is 46.2 Å². The van der Waals surface area contributed by atoms with Gasteiger partial charge in [-0.3, -0.25) is 0 Å². The molecule has 0 fully saturated rings. The average Bonchev–Trinajstić information content (AvgIpc) is 2.28. The van der Waals surface area contributed by atoms with Gasteiger partial charge in [0, 0.05) is 11.7 Å². The van der Waals surface area contributed by atoms with E-state index in [9.17, 15) is 0 Å². The third-order valence-electron chi connectivity index (χ3n) is 3.47. The zero-order chi connectivity index (χ0) is 12.1. The van der Waals surface area contributed by atoms with Crippen molar-refractivity contribution >= 4 is 5.69 Å². The topological polar surface area (TPSA) is 12.0 Å². The maximum Gasteiger partial charge on any atom is 0.0342 e. The molecule has 0 amide bonds. The first kappa shape index (κ1) is 13.1. The molecule has 90 valence electrons. The van der Waals surface area contributed by atoms with E-state index in [1.54, 1.807) is 0 Å². The molecule has 1 aromatic rings. The van der Waals surface area contributed by atoms with Gasteiger partial charge < -0.3 is 5.32 Å². The highest BCUT2D eigenvalue weighted by atomic mass is 14.9. The molecule has 1 N–H and O–H groups in total. The number of hydrogen-bond acceptors (Lipinski definition) is 1. The maximum atomic E-state index is 3.56. The lowest BCUT2D eigenvalue weighted by Gasteiger charge is -2.21. The Morgan fingerprint density at radius 1 is 1.00 bits per heavy atom. The third kappa shape index (κ3) is 3.55. The van der Waals surface area contributed by atoms with E-state index in [1.165, 1.54) is 17.7 Å². The first-order valence-electron chi connectivity index (χ1n) is 6.41. The van der Waals surface area contributed by atoms with Crippen LogP contribution in [-0.2, 0) is 0 Å². The highest BCUT2D eigenvalue weighted by molar-refractivity contribution is 5.45. The summed E-state index contributed by atoms with van der Waals surface area (Å²) in [7, 11) is 0. The highest BCUT2D eigenvalue weighted by Gasteiger charge is 2.09. The SMILES string of the molecule is CCC(C)C(C)Nc1ccc(C(C)C)cc1. The molecule has 1 heteroatoms. The summed E-state index contributed by atoms with van der Waals surface area (Å²) in [5, 5.41) is 3.56. The van der Waals surface area contributed by atoms with Crippen molar-refractivity contribution in [2.24, 2.45) is 5.92 Å². The Labute approximate surface area is 100 Å². The molecule has 0 heterocycles. The second-order valence-electron chi connectivity index (χ2n) is 5.10. The van der Waals surface area contributed by atoms with Gasteiger partial charge in [-0.2, -0.15) is 0 Å². The minimum Gasteiger partial charge on any atom is -0.382 e. The first-order valence-corrected chi connectivity index (χ1v) is 6.41. The molecular weight excluding hydrogens is 194 g/mol. The molecule has 0 aliphatic carbocycles. The molecule has 0 saturated carbocycles. The monoisotopic (exact) mass is 219 g/mol. The summed E-state index contributed by atoms with van der Waals surface area (Å²) < 4.78 is 0. The van der Waals surface area contributed by atoms with Gasteiger partial charge in [0.25, 0.3) is 0 Å². The minimum absolute atomic E-state index is 0.537. The van der Waals surface area contributed by atoms with Gasteiger partial charge in [0.05, 0.1) is 0 Å². The summed E-state index contributed by atoms with van der Waals surface area (Å²) in [6.45, 7) is 11.2. The van der Waals surface area contributed by atoms with Gasteiger partial charge in [-0.25, -0.2) is 0 Å². The third-order valence-corrected chi connectivity index (χ3v) is 3.47. The number of benzene rings is 1. The van der Waals surface area contributed by atoms with Gasteiger partial charge in [0.1, 0.15) is 0 Å². The molecule has 1 rings (SSSR count). The Morgan fingerprint density at radius 2 is 1.56 bits per heavy atom. The second kappa shape index (κ2) is 5.93. The van der Waals surface area contributed by atoms with E-state index >= 15 is 0 Å². The van der Waals surface area contributed by atoms with Crippen molar-refractivity contribution in [1.29, 1.82) is 0 Å². The van der Waals surface area contributed by atoms with Crippen molar-refractivity contribution in [2.75, 3.05) is 5.32 Å². The van der Waals surface area contributed by atoms with Crippen LogP contribution in [0.4, 0.5) is 5.69 Å². The number of hydrogen-bond donors (Lipinski definition) is 1. The molecule has 0 bridgehead atoms. The predicted molar refractivity (Wildman–Crippen MR) is 73.1 cm³/mol.